The average Bonchev–Trinajstić information content (AvgIpc) is 3.09. The molecule has 1 aliphatic rings. The summed E-state index contributed by atoms with van der Waals surface area (Å²) in [6, 6.07) is 26.4. The summed E-state index contributed by atoms with van der Waals surface area (Å²) in [7, 11) is 0. The van der Waals surface area contributed by atoms with Crippen molar-refractivity contribution in [1.29, 1.82) is 0 Å². The molecule has 35 heavy (non-hydrogen) atoms. The van der Waals surface area contributed by atoms with Crippen molar-refractivity contribution in [2.75, 3.05) is 18.5 Å². The summed E-state index contributed by atoms with van der Waals surface area (Å²) in [5.74, 6) is 0.367. The van der Waals surface area contributed by atoms with Crippen molar-refractivity contribution < 1.29 is 14.3 Å². The lowest BCUT2D eigenvalue weighted by Gasteiger charge is -2.24. The molecule has 1 unspecified atom stereocenters. The first-order chi connectivity index (χ1) is 17.0. The van der Waals surface area contributed by atoms with Crippen LogP contribution < -0.4 is 10.1 Å². The van der Waals surface area contributed by atoms with E-state index < -0.39 is 6.04 Å². The monoisotopic (exact) mass is 487 g/mol. The number of rotatable bonds is 10. The number of nitrogens with one attached hydrogen (secondary N) is 1. The molecule has 180 valence electrons. The van der Waals surface area contributed by atoms with Gasteiger partial charge in [-0.1, -0.05) is 60.7 Å². The van der Waals surface area contributed by atoms with Gasteiger partial charge in [0.25, 0.3) is 5.91 Å². The minimum Gasteiger partial charge on any atom is -0.494 e. The van der Waals surface area contributed by atoms with E-state index in [0.717, 1.165) is 16.9 Å². The van der Waals surface area contributed by atoms with Crippen molar-refractivity contribution >= 4 is 34.8 Å². The van der Waals surface area contributed by atoms with Crippen LogP contribution in [0.3, 0.4) is 0 Å². The number of nitrogens with zero attached hydrogens (tertiary/aromatic N) is 2. The van der Waals surface area contributed by atoms with Gasteiger partial charge >= 0.3 is 0 Å². The van der Waals surface area contributed by atoms with Gasteiger partial charge in [0.15, 0.2) is 5.11 Å². The van der Waals surface area contributed by atoms with Crippen LogP contribution in [0.4, 0.5) is 5.69 Å². The molecule has 0 saturated carbocycles. The summed E-state index contributed by atoms with van der Waals surface area (Å²) < 4.78 is 5.45. The van der Waals surface area contributed by atoms with Crippen LogP contribution in [0.2, 0.25) is 0 Å². The second-order valence-electron chi connectivity index (χ2n) is 8.35. The molecule has 0 bridgehead atoms. The molecule has 1 heterocycles. The predicted octanol–water partition coefficient (Wildman–Crippen LogP) is 4.65. The quantitative estimate of drug-likeness (QED) is 0.422. The third-order valence-electron chi connectivity index (χ3n) is 5.89. The van der Waals surface area contributed by atoms with Crippen molar-refractivity contribution in [3.63, 3.8) is 0 Å². The fourth-order valence-corrected chi connectivity index (χ4v) is 4.50. The Labute approximate surface area is 211 Å². The molecule has 0 aliphatic carbocycles. The molecule has 3 aromatic rings. The zero-order valence-electron chi connectivity index (χ0n) is 19.7. The van der Waals surface area contributed by atoms with Crippen LogP contribution in [0.15, 0.2) is 84.9 Å². The predicted molar refractivity (Wildman–Crippen MR) is 141 cm³/mol. The Morgan fingerprint density at radius 3 is 2.20 bits per heavy atom. The summed E-state index contributed by atoms with van der Waals surface area (Å²) >= 11 is 5.74. The van der Waals surface area contributed by atoms with Gasteiger partial charge in [0, 0.05) is 18.8 Å². The van der Waals surface area contributed by atoms with Gasteiger partial charge in [0.05, 0.1) is 13.0 Å². The minimum absolute atomic E-state index is 0.0147. The number of carbonyl (C=O) groups is 2. The maximum Gasteiger partial charge on any atom is 0.252 e. The van der Waals surface area contributed by atoms with E-state index in [2.05, 4.69) is 5.32 Å². The maximum absolute atomic E-state index is 13.4. The summed E-state index contributed by atoms with van der Waals surface area (Å²) in [6.45, 7) is 3.44. The molecule has 0 radical (unpaired) electrons. The van der Waals surface area contributed by atoms with Gasteiger partial charge in [-0.2, -0.15) is 0 Å². The molecule has 0 spiro atoms. The Bertz CT molecular complexity index is 1150. The van der Waals surface area contributed by atoms with Gasteiger partial charge < -0.3 is 15.0 Å². The van der Waals surface area contributed by atoms with Gasteiger partial charge in [-0.25, -0.2) is 0 Å². The Morgan fingerprint density at radius 1 is 0.943 bits per heavy atom. The van der Waals surface area contributed by atoms with Crippen LogP contribution in [0.1, 0.15) is 24.5 Å². The Balaban J connectivity index is 1.47. The Morgan fingerprint density at radius 2 is 1.57 bits per heavy atom. The van der Waals surface area contributed by atoms with Crippen molar-refractivity contribution in [3.8, 4) is 5.75 Å². The highest BCUT2D eigenvalue weighted by Crippen LogP contribution is 2.25. The van der Waals surface area contributed by atoms with E-state index in [4.69, 9.17) is 17.0 Å². The van der Waals surface area contributed by atoms with Gasteiger partial charge in [-0.3, -0.25) is 14.5 Å². The van der Waals surface area contributed by atoms with Crippen LogP contribution in [-0.4, -0.2) is 45.9 Å². The molecule has 1 saturated heterocycles. The van der Waals surface area contributed by atoms with Crippen LogP contribution in [-0.2, 0) is 22.6 Å². The second-order valence-corrected chi connectivity index (χ2v) is 8.71. The fourth-order valence-electron chi connectivity index (χ4n) is 4.13. The molecule has 1 aliphatic heterocycles. The van der Waals surface area contributed by atoms with Crippen LogP contribution >= 0.6 is 12.2 Å². The lowest BCUT2D eigenvalue weighted by Crippen LogP contribution is -2.37. The van der Waals surface area contributed by atoms with E-state index in [1.165, 1.54) is 0 Å². The van der Waals surface area contributed by atoms with Crippen molar-refractivity contribution in [2.45, 2.75) is 32.4 Å². The molecular weight excluding hydrogens is 458 g/mol. The van der Waals surface area contributed by atoms with E-state index in [9.17, 15) is 9.59 Å². The second kappa shape index (κ2) is 11.6. The molecule has 2 amide bonds. The SMILES string of the molecule is CCOc1ccc(NC(=O)CC2C(=O)N(CCc3ccccc3)C(=S)N2Cc2ccccc2)cc1. The molecule has 6 nitrogen and oxygen atoms in total. The van der Waals surface area contributed by atoms with Crippen LogP contribution in [0.5, 0.6) is 5.75 Å². The third kappa shape index (κ3) is 6.25. The van der Waals surface area contributed by atoms with E-state index >= 15 is 0 Å². The number of amides is 2. The third-order valence-corrected chi connectivity index (χ3v) is 6.35. The molecule has 1 fully saturated rings. The fraction of sp³-hybridized carbons (Fsp3) is 0.250. The number of benzene rings is 3. The highest BCUT2D eigenvalue weighted by molar-refractivity contribution is 7.80. The first-order valence-corrected chi connectivity index (χ1v) is 12.2. The Hall–Kier alpha value is -3.71. The summed E-state index contributed by atoms with van der Waals surface area (Å²) in [4.78, 5) is 29.9. The van der Waals surface area contributed by atoms with Gasteiger partial charge in [-0.05, 0) is 61.0 Å². The smallest absolute Gasteiger partial charge is 0.252 e. The highest BCUT2D eigenvalue weighted by atomic mass is 32.1. The normalized spacial score (nSPS) is 15.4. The van der Waals surface area contributed by atoms with E-state index in [0.29, 0.717) is 36.9 Å². The largest absolute Gasteiger partial charge is 0.494 e. The van der Waals surface area contributed by atoms with Crippen molar-refractivity contribution in [1.82, 2.24) is 9.80 Å². The molecule has 7 heteroatoms. The number of hydrogen-bond acceptors (Lipinski definition) is 4. The van der Waals surface area contributed by atoms with Gasteiger partial charge in [0.2, 0.25) is 5.91 Å². The average molecular weight is 488 g/mol. The molecule has 3 aromatic carbocycles. The first-order valence-electron chi connectivity index (χ1n) is 11.8. The number of hydrogen-bond donors (Lipinski definition) is 1. The molecular formula is C28H29N3O3S. The molecule has 1 atom stereocenters. The lowest BCUT2D eigenvalue weighted by atomic mass is 10.1. The van der Waals surface area contributed by atoms with Gasteiger partial charge in [0.1, 0.15) is 11.8 Å². The standard InChI is InChI=1S/C28H29N3O3S/c1-2-34-24-15-13-23(14-16-24)29-26(32)19-25-27(33)30(18-17-21-9-5-3-6-10-21)28(35)31(25)20-22-11-7-4-8-12-22/h3-16,25H,2,17-20H2,1H3,(H,29,32). The summed E-state index contributed by atoms with van der Waals surface area (Å²) in [5, 5.41) is 3.36. The van der Waals surface area contributed by atoms with E-state index in [-0.39, 0.29) is 18.2 Å². The summed E-state index contributed by atoms with van der Waals surface area (Å²) in [5.41, 5.74) is 2.82. The minimum atomic E-state index is -0.652. The van der Waals surface area contributed by atoms with Gasteiger partial charge in [-0.15, -0.1) is 0 Å². The topological polar surface area (TPSA) is 61.9 Å². The number of thiocarbonyl (C=S) groups is 1. The molecule has 4 rings (SSSR count). The van der Waals surface area contributed by atoms with Crippen molar-refractivity contribution in [2.24, 2.45) is 0 Å². The number of carbonyl (C=O) groups excluding carboxylic acids is 2. The molecule has 1 N–H and O–H groups in total. The Kier molecular flexibility index (Phi) is 8.11. The highest BCUT2D eigenvalue weighted by Gasteiger charge is 2.43. The van der Waals surface area contributed by atoms with Crippen molar-refractivity contribution in [3.05, 3.63) is 96.1 Å². The van der Waals surface area contributed by atoms with Crippen LogP contribution in [0, 0.1) is 0 Å². The lowest BCUT2D eigenvalue weighted by molar-refractivity contribution is -0.130. The van der Waals surface area contributed by atoms with Crippen LogP contribution in [0.25, 0.3) is 0 Å². The maximum atomic E-state index is 13.4. The zero-order chi connectivity index (χ0) is 24.6. The molecule has 0 aromatic heterocycles. The zero-order valence-corrected chi connectivity index (χ0v) is 20.5. The van der Waals surface area contributed by atoms with E-state index in [1.54, 1.807) is 17.0 Å². The first kappa shape index (κ1) is 24.4. The van der Waals surface area contributed by atoms with E-state index in [1.807, 2.05) is 84.6 Å². The summed E-state index contributed by atoms with van der Waals surface area (Å²) in [6.07, 6.45) is 0.706. The number of ether oxygens (including phenoxy) is 1. The number of anilines is 1.